The van der Waals surface area contributed by atoms with Gasteiger partial charge in [-0.2, -0.15) is 0 Å². The van der Waals surface area contributed by atoms with Crippen molar-refractivity contribution in [2.24, 2.45) is 0 Å². The zero-order valence-corrected chi connectivity index (χ0v) is 11.8. The lowest BCUT2D eigenvalue weighted by Crippen LogP contribution is -2.80. The maximum Gasteiger partial charge on any atom is 0.102 e. The Labute approximate surface area is 116 Å². The summed E-state index contributed by atoms with van der Waals surface area (Å²) in [6, 6.07) is 15.3. The van der Waals surface area contributed by atoms with E-state index in [4.69, 9.17) is 0 Å². The van der Waals surface area contributed by atoms with Gasteiger partial charge < -0.3 is 5.32 Å². The zero-order chi connectivity index (χ0) is 13.7. The van der Waals surface area contributed by atoms with Gasteiger partial charge in [-0.05, 0) is 19.4 Å². The summed E-state index contributed by atoms with van der Waals surface area (Å²) >= 11 is 0. The van der Waals surface area contributed by atoms with Crippen LogP contribution in [0.25, 0.3) is 6.08 Å². The summed E-state index contributed by atoms with van der Waals surface area (Å²) in [5, 5.41) is 2.34. The zero-order valence-electron chi connectivity index (χ0n) is 11.8. The summed E-state index contributed by atoms with van der Waals surface area (Å²) in [4.78, 5) is 0. The molecule has 2 N–H and O–H groups in total. The first-order chi connectivity index (χ1) is 9.17. The van der Waals surface area contributed by atoms with E-state index >= 15 is 0 Å². The van der Waals surface area contributed by atoms with E-state index in [0.29, 0.717) is 0 Å². The Morgan fingerprint density at radius 2 is 1.47 bits per heavy atom. The first kappa shape index (κ1) is 13.6. The molecule has 0 atom stereocenters. The van der Waals surface area contributed by atoms with Crippen molar-refractivity contribution in [2.75, 3.05) is 0 Å². The molecule has 19 heavy (non-hydrogen) atoms. The number of hydrogen-bond acceptors (Lipinski definition) is 0. The second-order valence-corrected chi connectivity index (χ2v) is 5.14. The summed E-state index contributed by atoms with van der Waals surface area (Å²) in [5.41, 5.74) is 6.63. The quantitative estimate of drug-likeness (QED) is 0.841. The molecule has 0 fully saturated rings. The van der Waals surface area contributed by atoms with Crippen LogP contribution in [0, 0.1) is 13.8 Å². The van der Waals surface area contributed by atoms with Gasteiger partial charge in [0.1, 0.15) is 13.1 Å². The highest BCUT2D eigenvalue weighted by Crippen LogP contribution is 2.08. The van der Waals surface area contributed by atoms with Crippen LogP contribution in [0.1, 0.15) is 27.8 Å². The molecule has 2 aromatic rings. The summed E-state index contributed by atoms with van der Waals surface area (Å²) in [6.07, 6.45) is 1.88. The molecule has 0 aromatic heterocycles. The topological polar surface area (TPSA) is 16.6 Å². The second-order valence-electron chi connectivity index (χ2n) is 5.14. The van der Waals surface area contributed by atoms with Crippen molar-refractivity contribution >= 4 is 6.08 Å². The van der Waals surface area contributed by atoms with Crippen LogP contribution in [0.5, 0.6) is 0 Å². The molecule has 1 nitrogen and oxygen atoms in total. The Morgan fingerprint density at radius 1 is 0.895 bits per heavy atom. The Bertz CT molecular complexity index is 532. The van der Waals surface area contributed by atoms with Gasteiger partial charge in [0.2, 0.25) is 0 Å². The van der Waals surface area contributed by atoms with Gasteiger partial charge in [0.25, 0.3) is 0 Å². The van der Waals surface area contributed by atoms with Crippen molar-refractivity contribution < 1.29 is 5.32 Å². The van der Waals surface area contributed by atoms with Crippen LogP contribution in [0.15, 0.2) is 49.0 Å². The highest BCUT2D eigenvalue weighted by molar-refractivity contribution is 5.47. The van der Waals surface area contributed by atoms with Gasteiger partial charge in [0, 0.05) is 11.1 Å². The van der Waals surface area contributed by atoms with Gasteiger partial charge in [-0.1, -0.05) is 66.2 Å². The third-order valence-corrected chi connectivity index (χ3v) is 3.26. The summed E-state index contributed by atoms with van der Waals surface area (Å²) in [7, 11) is 0. The van der Waals surface area contributed by atoms with Gasteiger partial charge in [-0.25, -0.2) is 0 Å². The van der Waals surface area contributed by atoms with E-state index in [1.165, 1.54) is 27.8 Å². The molecular weight excluding hydrogens is 230 g/mol. The lowest BCUT2D eigenvalue weighted by molar-refractivity contribution is -0.686. The van der Waals surface area contributed by atoms with Crippen molar-refractivity contribution in [2.45, 2.75) is 26.9 Å². The molecule has 0 amide bonds. The lowest BCUT2D eigenvalue weighted by atomic mass is 10.1. The Kier molecular flexibility index (Phi) is 4.53. The molecule has 0 radical (unpaired) electrons. The highest BCUT2D eigenvalue weighted by Gasteiger charge is 1.99. The molecule has 2 rings (SSSR count). The third-order valence-electron chi connectivity index (χ3n) is 3.26. The van der Waals surface area contributed by atoms with E-state index in [-0.39, 0.29) is 0 Å². The minimum atomic E-state index is 1.02. The second kappa shape index (κ2) is 6.35. The number of aryl methyl sites for hydroxylation is 2. The standard InChI is InChI=1S/C18H21N/c1-4-16-5-7-17(8-6-16)12-19-13-18-10-14(2)9-15(3)11-18/h4-11,19H,1,12-13H2,2-3H3/p+1. The number of nitrogens with two attached hydrogens (primary N) is 1. The fourth-order valence-corrected chi connectivity index (χ4v) is 2.38. The average Bonchev–Trinajstić information content (AvgIpc) is 2.38. The maximum atomic E-state index is 3.77. The van der Waals surface area contributed by atoms with Crippen molar-refractivity contribution in [3.8, 4) is 0 Å². The van der Waals surface area contributed by atoms with Crippen molar-refractivity contribution in [1.29, 1.82) is 0 Å². The van der Waals surface area contributed by atoms with Gasteiger partial charge in [0.05, 0.1) is 0 Å². The Morgan fingerprint density at radius 3 is 2.05 bits per heavy atom. The van der Waals surface area contributed by atoms with Crippen LogP contribution in [-0.2, 0) is 13.1 Å². The monoisotopic (exact) mass is 252 g/mol. The van der Waals surface area contributed by atoms with Crippen LogP contribution in [-0.4, -0.2) is 0 Å². The van der Waals surface area contributed by atoms with Gasteiger partial charge >= 0.3 is 0 Å². The maximum absolute atomic E-state index is 3.77. The molecule has 0 aliphatic heterocycles. The first-order valence-corrected chi connectivity index (χ1v) is 6.77. The molecule has 0 spiro atoms. The Balaban J connectivity index is 1.90. The average molecular weight is 252 g/mol. The van der Waals surface area contributed by atoms with Crippen LogP contribution < -0.4 is 5.32 Å². The van der Waals surface area contributed by atoms with E-state index < -0.39 is 0 Å². The van der Waals surface area contributed by atoms with E-state index in [1.54, 1.807) is 0 Å². The van der Waals surface area contributed by atoms with Gasteiger partial charge in [-0.15, -0.1) is 0 Å². The molecule has 0 unspecified atom stereocenters. The Hall–Kier alpha value is -1.86. The molecule has 0 aliphatic carbocycles. The number of hydrogen-bond donors (Lipinski definition) is 1. The van der Waals surface area contributed by atoms with Crippen molar-refractivity contribution in [3.63, 3.8) is 0 Å². The molecular formula is C18H22N+. The number of benzene rings is 2. The van der Waals surface area contributed by atoms with E-state index in [2.05, 4.69) is 68.2 Å². The SMILES string of the molecule is C=Cc1ccc(C[NH2+]Cc2cc(C)cc(C)c2)cc1. The van der Waals surface area contributed by atoms with Crippen LogP contribution in [0.3, 0.4) is 0 Å². The smallest absolute Gasteiger partial charge is 0.102 e. The predicted octanol–water partition coefficient (Wildman–Crippen LogP) is 3.21. The largest absolute Gasteiger partial charge is 0.339 e. The minimum Gasteiger partial charge on any atom is -0.339 e. The van der Waals surface area contributed by atoms with E-state index in [0.717, 1.165) is 13.1 Å². The van der Waals surface area contributed by atoms with Crippen LogP contribution >= 0.6 is 0 Å². The fraction of sp³-hybridized carbons (Fsp3) is 0.222. The molecule has 0 saturated heterocycles. The molecule has 0 saturated carbocycles. The highest BCUT2D eigenvalue weighted by atomic mass is 14.8. The minimum absolute atomic E-state index is 1.02. The fourth-order valence-electron chi connectivity index (χ4n) is 2.38. The molecule has 1 heteroatoms. The van der Waals surface area contributed by atoms with Crippen molar-refractivity contribution in [3.05, 3.63) is 76.9 Å². The van der Waals surface area contributed by atoms with Gasteiger partial charge in [-0.3, -0.25) is 0 Å². The van der Waals surface area contributed by atoms with Gasteiger partial charge in [0.15, 0.2) is 0 Å². The first-order valence-electron chi connectivity index (χ1n) is 6.77. The van der Waals surface area contributed by atoms with E-state index in [1.807, 2.05) is 6.08 Å². The lowest BCUT2D eigenvalue weighted by Gasteiger charge is -2.05. The normalized spacial score (nSPS) is 10.4. The third kappa shape index (κ3) is 4.08. The summed E-state index contributed by atoms with van der Waals surface area (Å²) in [6.45, 7) is 10.1. The van der Waals surface area contributed by atoms with Crippen molar-refractivity contribution in [1.82, 2.24) is 0 Å². The number of quaternary nitrogens is 1. The van der Waals surface area contributed by atoms with Crippen LogP contribution in [0.4, 0.5) is 0 Å². The molecule has 0 bridgehead atoms. The predicted molar refractivity (Wildman–Crippen MR) is 81.8 cm³/mol. The molecule has 0 heterocycles. The molecule has 98 valence electrons. The summed E-state index contributed by atoms with van der Waals surface area (Å²) < 4.78 is 0. The van der Waals surface area contributed by atoms with Crippen LogP contribution in [0.2, 0.25) is 0 Å². The summed E-state index contributed by atoms with van der Waals surface area (Å²) in [5.74, 6) is 0. The number of rotatable bonds is 5. The molecule has 0 aliphatic rings. The molecule has 2 aromatic carbocycles. The van der Waals surface area contributed by atoms with E-state index in [9.17, 15) is 0 Å².